The zero-order valence-corrected chi connectivity index (χ0v) is 15.3. The van der Waals surface area contributed by atoms with Gasteiger partial charge in [0.2, 0.25) is 0 Å². The number of pyridine rings is 1. The van der Waals surface area contributed by atoms with E-state index < -0.39 is 0 Å². The van der Waals surface area contributed by atoms with Crippen molar-refractivity contribution in [1.82, 2.24) is 15.0 Å². The highest BCUT2D eigenvalue weighted by atomic mass is 16.5. The third-order valence-corrected chi connectivity index (χ3v) is 4.67. The van der Waals surface area contributed by atoms with Gasteiger partial charge in [0.25, 0.3) is 0 Å². The van der Waals surface area contributed by atoms with Crippen molar-refractivity contribution in [2.24, 2.45) is 5.73 Å². The molecule has 1 saturated heterocycles. The van der Waals surface area contributed by atoms with Crippen LogP contribution in [-0.4, -0.2) is 54.3 Å². The van der Waals surface area contributed by atoms with E-state index in [1.807, 2.05) is 6.07 Å². The van der Waals surface area contributed by atoms with Crippen LogP contribution in [0.25, 0.3) is 22.3 Å². The maximum Gasteiger partial charge on any atom is 0.154 e. The maximum atomic E-state index is 5.60. The van der Waals surface area contributed by atoms with Gasteiger partial charge >= 0.3 is 0 Å². The molecule has 1 aliphatic rings. The fourth-order valence-corrected chi connectivity index (χ4v) is 3.22. The topological polar surface area (TPSA) is 89.2 Å². The first-order valence-electron chi connectivity index (χ1n) is 9.34. The highest BCUT2D eigenvalue weighted by Crippen LogP contribution is 2.27. The molecule has 1 aromatic carbocycles. The summed E-state index contributed by atoms with van der Waals surface area (Å²) in [5.41, 5.74) is 10.4. The molecule has 1 aliphatic heterocycles. The number of nitrogens with zero attached hydrogens (tertiary/aromatic N) is 4. The zero-order valence-electron chi connectivity index (χ0n) is 15.3. The van der Waals surface area contributed by atoms with E-state index in [1.54, 1.807) is 12.4 Å². The molecule has 0 atom stereocenters. The number of hydrogen-bond acceptors (Lipinski definition) is 7. The Balaban J connectivity index is 1.64. The molecule has 0 radical (unpaired) electrons. The van der Waals surface area contributed by atoms with Gasteiger partial charge in [-0.1, -0.05) is 12.1 Å². The van der Waals surface area contributed by atoms with Gasteiger partial charge in [-0.25, -0.2) is 9.97 Å². The first kappa shape index (κ1) is 17.6. The molecule has 0 spiro atoms. The third kappa shape index (κ3) is 3.99. The van der Waals surface area contributed by atoms with E-state index >= 15 is 0 Å². The molecule has 2 aromatic heterocycles. The average Bonchev–Trinajstić information content (AvgIpc) is 2.74. The summed E-state index contributed by atoms with van der Waals surface area (Å²) in [6, 6.07) is 10.5. The van der Waals surface area contributed by atoms with Crippen molar-refractivity contribution in [2.45, 2.75) is 6.42 Å². The van der Waals surface area contributed by atoms with E-state index in [9.17, 15) is 0 Å². The van der Waals surface area contributed by atoms with Crippen molar-refractivity contribution in [2.75, 3.05) is 49.6 Å². The average molecular weight is 364 g/mol. The highest BCUT2D eigenvalue weighted by Gasteiger charge is 2.13. The number of rotatable bonds is 6. The van der Waals surface area contributed by atoms with Gasteiger partial charge in [0.1, 0.15) is 5.52 Å². The lowest BCUT2D eigenvalue weighted by Gasteiger charge is -2.28. The molecule has 0 saturated carbocycles. The minimum atomic E-state index is 0.638. The number of ether oxygens (including phenoxy) is 1. The second kappa shape index (κ2) is 8.28. The molecule has 0 unspecified atom stereocenters. The fourth-order valence-electron chi connectivity index (χ4n) is 3.22. The van der Waals surface area contributed by atoms with Crippen LogP contribution in [0.4, 0.5) is 11.5 Å². The summed E-state index contributed by atoms with van der Waals surface area (Å²) < 4.78 is 5.43. The lowest BCUT2D eigenvalue weighted by molar-refractivity contribution is 0.122. The van der Waals surface area contributed by atoms with E-state index in [-0.39, 0.29) is 0 Å². The number of anilines is 2. The van der Waals surface area contributed by atoms with Gasteiger partial charge in [0.05, 0.1) is 24.4 Å². The summed E-state index contributed by atoms with van der Waals surface area (Å²) in [5.74, 6) is 0.751. The maximum absolute atomic E-state index is 5.60. The van der Waals surface area contributed by atoms with Crippen molar-refractivity contribution in [3.8, 4) is 11.3 Å². The number of aromatic nitrogens is 3. The third-order valence-electron chi connectivity index (χ3n) is 4.67. The molecule has 3 aromatic rings. The van der Waals surface area contributed by atoms with E-state index in [4.69, 9.17) is 15.5 Å². The molecule has 140 valence electrons. The molecular formula is C20H24N6O. The molecule has 0 amide bonds. The van der Waals surface area contributed by atoms with Gasteiger partial charge < -0.3 is 20.7 Å². The Morgan fingerprint density at radius 3 is 2.63 bits per heavy atom. The predicted molar refractivity (Wildman–Crippen MR) is 108 cm³/mol. The normalized spacial score (nSPS) is 14.5. The van der Waals surface area contributed by atoms with Crippen molar-refractivity contribution >= 4 is 22.5 Å². The van der Waals surface area contributed by atoms with Crippen LogP contribution in [0.5, 0.6) is 0 Å². The SMILES string of the molecule is NCCCNc1nc(-c2ccc(N3CCOCC3)cc2)cc2nccnc12. The van der Waals surface area contributed by atoms with Crippen LogP contribution in [0.15, 0.2) is 42.7 Å². The number of nitrogens with two attached hydrogens (primary N) is 1. The predicted octanol–water partition coefficient (Wildman–Crippen LogP) is 2.29. The van der Waals surface area contributed by atoms with Gasteiger partial charge in [-0.2, -0.15) is 0 Å². The number of benzene rings is 1. The van der Waals surface area contributed by atoms with Crippen LogP contribution < -0.4 is 16.0 Å². The number of morpholine rings is 1. The first-order valence-corrected chi connectivity index (χ1v) is 9.34. The van der Waals surface area contributed by atoms with Crippen molar-refractivity contribution in [3.05, 3.63) is 42.7 Å². The minimum absolute atomic E-state index is 0.638. The lowest BCUT2D eigenvalue weighted by atomic mass is 10.1. The first-order chi connectivity index (χ1) is 13.3. The van der Waals surface area contributed by atoms with Gasteiger partial charge in [-0.3, -0.25) is 4.98 Å². The van der Waals surface area contributed by atoms with Crippen LogP contribution in [0.3, 0.4) is 0 Å². The fraction of sp³-hybridized carbons (Fsp3) is 0.350. The summed E-state index contributed by atoms with van der Waals surface area (Å²) in [6.07, 6.45) is 4.27. The van der Waals surface area contributed by atoms with Crippen LogP contribution in [0.1, 0.15) is 6.42 Å². The second-order valence-electron chi connectivity index (χ2n) is 6.50. The summed E-state index contributed by atoms with van der Waals surface area (Å²) in [6.45, 7) is 4.82. The Bertz CT molecular complexity index is 893. The zero-order chi connectivity index (χ0) is 18.5. The molecule has 27 heavy (non-hydrogen) atoms. The smallest absolute Gasteiger partial charge is 0.154 e. The lowest BCUT2D eigenvalue weighted by Crippen LogP contribution is -2.36. The number of fused-ring (bicyclic) bond motifs is 1. The van der Waals surface area contributed by atoms with Crippen LogP contribution in [-0.2, 0) is 4.74 Å². The summed E-state index contributed by atoms with van der Waals surface area (Å²) in [7, 11) is 0. The molecule has 7 nitrogen and oxygen atoms in total. The van der Waals surface area contributed by atoms with E-state index in [2.05, 4.69) is 44.5 Å². The Hall–Kier alpha value is -2.77. The van der Waals surface area contributed by atoms with Crippen LogP contribution >= 0.6 is 0 Å². The van der Waals surface area contributed by atoms with Crippen molar-refractivity contribution < 1.29 is 4.74 Å². The minimum Gasteiger partial charge on any atom is -0.378 e. The molecule has 1 fully saturated rings. The summed E-state index contributed by atoms with van der Waals surface area (Å²) >= 11 is 0. The van der Waals surface area contributed by atoms with Gasteiger partial charge in [0.15, 0.2) is 5.82 Å². The van der Waals surface area contributed by atoms with Crippen LogP contribution in [0, 0.1) is 0 Å². The molecule has 0 bridgehead atoms. The largest absolute Gasteiger partial charge is 0.378 e. The Kier molecular flexibility index (Phi) is 5.41. The Morgan fingerprint density at radius 2 is 1.85 bits per heavy atom. The second-order valence-corrected chi connectivity index (χ2v) is 6.50. The monoisotopic (exact) mass is 364 g/mol. The molecule has 3 heterocycles. The molecule has 7 heteroatoms. The molecule has 0 aliphatic carbocycles. The van der Waals surface area contributed by atoms with Gasteiger partial charge in [0, 0.05) is 43.3 Å². The van der Waals surface area contributed by atoms with E-state index in [0.717, 1.165) is 67.4 Å². The van der Waals surface area contributed by atoms with Gasteiger partial charge in [-0.05, 0) is 31.2 Å². The molecule has 3 N–H and O–H groups in total. The molecule has 4 rings (SSSR count). The molecular weight excluding hydrogens is 340 g/mol. The van der Waals surface area contributed by atoms with Crippen molar-refractivity contribution in [3.63, 3.8) is 0 Å². The standard InChI is InChI=1S/C20H24N6O/c21-6-1-7-24-20-19-18(22-8-9-23-19)14-17(25-20)15-2-4-16(5-3-15)26-10-12-27-13-11-26/h2-5,8-9,14H,1,6-7,10-13,21H2,(H,24,25). The van der Waals surface area contributed by atoms with E-state index in [1.165, 1.54) is 5.69 Å². The van der Waals surface area contributed by atoms with Crippen LogP contribution in [0.2, 0.25) is 0 Å². The summed E-state index contributed by atoms with van der Waals surface area (Å²) in [4.78, 5) is 16.0. The van der Waals surface area contributed by atoms with Gasteiger partial charge in [-0.15, -0.1) is 0 Å². The Labute approximate surface area is 158 Å². The quantitative estimate of drug-likeness (QED) is 0.649. The van der Waals surface area contributed by atoms with E-state index in [0.29, 0.717) is 6.54 Å². The van der Waals surface area contributed by atoms with Crippen molar-refractivity contribution in [1.29, 1.82) is 0 Å². The Morgan fingerprint density at radius 1 is 1.07 bits per heavy atom. The summed E-state index contributed by atoms with van der Waals surface area (Å²) in [5, 5.41) is 3.35. The number of nitrogens with one attached hydrogen (secondary N) is 1. The highest BCUT2D eigenvalue weighted by molar-refractivity contribution is 5.88. The number of hydrogen-bond donors (Lipinski definition) is 2.